The summed E-state index contributed by atoms with van der Waals surface area (Å²) in [6.07, 6.45) is 3.53. The third kappa shape index (κ3) is 9.97. The Balaban J connectivity index is 1.30. The Morgan fingerprint density at radius 2 is 1.76 bits per heavy atom. The number of aromatic nitrogens is 3. The Morgan fingerprint density at radius 3 is 2.45 bits per heavy atom. The highest BCUT2D eigenvalue weighted by Crippen LogP contribution is 2.28. The fraction of sp³-hybridized carbons (Fsp3) is 0.528. The van der Waals surface area contributed by atoms with Gasteiger partial charge in [0, 0.05) is 55.8 Å². The van der Waals surface area contributed by atoms with E-state index < -0.39 is 83.6 Å². The summed E-state index contributed by atoms with van der Waals surface area (Å²) < 4.78 is 6.86. The number of carboxylic acid groups (broad SMARTS) is 1. The molecule has 0 spiro atoms. The molecule has 2 fully saturated rings. The van der Waals surface area contributed by atoms with Crippen molar-refractivity contribution in [1.82, 2.24) is 40.7 Å². The molecular weight excluding hydrogens is 718 g/mol. The molecule has 19 heteroatoms. The van der Waals surface area contributed by atoms with Crippen LogP contribution in [0.25, 0.3) is 10.9 Å². The molecule has 2 aromatic heterocycles. The molecular formula is C36H49N9O10. The number of nitrogens with zero attached hydrogens (tertiary/aromatic N) is 2. The molecule has 1 aromatic carbocycles. The van der Waals surface area contributed by atoms with E-state index in [1.165, 1.54) is 18.1 Å². The van der Waals surface area contributed by atoms with Gasteiger partial charge >= 0.3 is 17.7 Å². The number of carbonyl (C=O) groups is 5. The molecule has 1 aliphatic heterocycles. The molecule has 10 N–H and O–H groups in total. The SMILES string of the molecule is C[C@@H]([C@H](NC(=O)[C@@H](NC(=O)N[C@@H](Cc1c[nH]c2ccccc12)C(=O)O)C1CCCCC1)C(=O)NC[C@H]1C[C@@H](O)[C@H](n2ccc(=O)[nH]c2=O)O1)N(C)C(=O)CN. The Bertz CT molecular complexity index is 1970. The Labute approximate surface area is 315 Å². The number of aliphatic carboxylic acids is 1. The van der Waals surface area contributed by atoms with Crippen molar-refractivity contribution in [3.63, 3.8) is 0 Å². The molecule has 5 rings (SSSR count). The van der Waals surface area contributed by atoms with E-state index in [1.54, 1.807) is 13.1 Å². The number of aromatic amines is 2. The van der Waals surface area contributed by atoms with Crippen LogP contribution in [-0.4, -0.2) is 116 Å². The number of likely N-dealkylation sites (N-methyl/N-ethyl adjacent to an activating group) is 1. The quantitative estimate of drug-likeness (QED) is 0.0906. The molecule has 1 saturated carbocycles. The van der Waals surface area contributed by atoms with Gasteiger partial charge in [-0.2, -0.15) is 0 Å². The summed E-state index contributed by atoms with van der Waals surface area (Å²) in [4.78, 5) is 96.5. The maximum atomic E-state index is 14.1. The minimum Gasteiger partial charge on any atom is -0.480 e. The number of nitrogens with two attached hydrogens (primary N) is 1. The van der Waals surface area contributed by atoms with Crippen molar-refractivity contribution in [1.29, 1.82) is 0 Å². The number of hydrogen-bond acceptors (Lipinski definition) is 10. The van der Waals surface area contributed by atoms with E-state index in [-0.39, 0.29) is 31.8 Å². The molecule has 3 heterocycles. The lowest BCUT2D eigenvalue weighted by molar-refractivity contribution is -0.139. The smallest absolute Gasteiger partial charge is 0.330 e. The molecule has 0 radical (unpaired) electrons. The molecule has 5 amide bonds. The van der Waals surface area contributed by atoms with Crippen molar-refractivity contribution in [2.45, 2.75) is 94.5 Å². The minimum absolute atomic E-state index is 0.0229. The number of nitrogens with one attached hydrogen (secondary N) is 6. The summed E-state index contributed by atoms with van der Waals surface area (Å²) in [5, 5.41) is 32.0. The fourth-order valence-electron chi connectivity index (χ4n) is 7.23. The summed E-state index contributed by atoms with van der Waals surface area (Å²) in [7, 11) is 1.43. The lowest BCUT2D eigenvalue weighted by atomic mass is 9.83. The van der Waals surface area contributed by atoms with E-state index in [2.05, 4.69) is 31.2 Å². The first-order valence-corrected chi connectivity index (χ1v) is 18.3. The molecule has 0 bridgehead atoms. The number of carboxylic acids is 1. The summed E-state index contributed by atoms with van der Waals surface area (Å²) in [6, 6.07) is 2.80. The number of carbonyl (C=O) groups excluding carboxylic acids is 4. The third-order valence-corrected chi connectivity index (χ3v) is 10.4. The van der Waals surface area contributed by atoms with Crippen LogP contribution in [0.1, 0.15) is 57.2 Å². The van der Waals surface area contributed by atoms with Crippen molar-refractivity contribution < 1.29 is 38.9 Å². The summed E-state index contributed by atoms with van der Waals surface area (Å²) in [6.45, 7) is 1.03. The first-order chi connectivity index (χ1) is 26.3. The van der Waals surface area contributed by atoms with Crippen molar-refractivity contribution in [2.24, 2.45) is 11.7 Å². The van der Waals surface area contributed by atoms with Crippen molar-refractivity contribution in [2.75, 3.05) is 20.1 Å². The summed E-state index contributed by atoms with van der Waals surface area (Å²) in [5.41, 5.74) is 5.68. The number of urea groups is 1. The van der Waals surface area contributed by atoms with Gasteiger partial charge in [-0.05, 0) is 37.3 Å². The maximum Gasteiger partial charge on any atom is 0.330 e. The highest BCUT2D eigenvalue weighted by atomic mass is 16.5. The van der Waals surface area contributed by atoms with Crippen LogP contribution in [0.4, 0.5) is 4.79 Å². The van der Waals surface area contributed by atoms with Crippen molar-refractivity contribution >= 4 is 40.6 Å². The predicted octanol–water partition coefficient (Wildman–Crippen LogP) is -0.983. The number of aliphatic hydroxyl groups is 1. The topological polar surface area (TPSA) is 283 Å². The molecule has 3 aromatic rings. The number of H-pyrrole nitrogens is 2. The molecule has 7 atom stereocenters. The van der Waals surface area contributed by atoms with E-state index in [4.69, 9.17) is 10.5 Å². The number of aliphatic hydroxyl groups excluding tert-OH is 1. The van der Waals surface area contributed by atoms with Crippen LogP contribution in [0.2, 0.25) is 0 Å². The maximum absolute atomic E-state index is 14.1. The normalized spacial score (nSPS) is 20.8. The van der Waals surface area contributed by atoms with Crippen LogP contribution in [0.5, 0.6) is 0 Å². The average molecular weight is 768 g/mol. The number of hydrogen-bond donors (Lipinski definition) is 9. The van der Waals surface area contributed by atoms with Gasteiger partial charge in [0.15, 0.2) is 6.23 Å². The van der Waals surface area contributed by atoms with Gasteiger partial charge in [0.05, 0.1) is 18.7 Å². The number of para-hydroxylation sites is 1. The molecule has 298 valence electrons. The van der Waals surface area contributed by atoms with Crippen LogP contribution in [0, 0.1) is 5.92 Å². The second-order valence-corrected chi connectivity index (χ2v) is 14.1. The van der Waals surface area contributed by atoms with E-state index in [0.29, 0.717) is 18.4 Å². The first-order valence-electron chi connectivity index (χ1n) is 18.3. The van der Waals surface area contributed by atoms with Crippen LogP contribution in [-0.2, 0) is 30.3 Å². The van der Waals surface area contributed by atoms with Gasteiger partial charge in [-0.15, -0.1) is 0 Å². The standard InChI is InChI=1S/C36H49N9O10/c1-19(44(2)28(48)16-37)29(31(49)39-18-22-15-26(46)33(55-22)45-13-12-27(47)41-36(45)54)42-32(50)30(20-8-4-3-5-9-20)43-35(53)40-25(34(51)52)14-21-17-38-24-11-7-6-10-23(21)24/h6-7,10-13,17,19-20,22,25-26,29-30,33,38,46H,3-5,8-9,14-16,18,37H2,1-2H3,(H,39,49)(H,42,50)(H,51,52)(H2,40,43,53)(H,41,47,54)/t19-,22+,25-,26+,29-,30-,33+/m0/s1. The van der Waals surface area contributed by atoms with E-state index in [0.717, 1.165) is 40.8 Å². The van der Waals surface area contributed by atoms with E-state index in [9.17, 15) is 43.8 Å². The number of fused-ring (bicyclic) bond motifs is 1. The molecule has 0 unspecified atom stereocenters. The molecule has 55 heavy (non-hydrogen) atoms. The Morgan fingerprint density at radius 1 is 1.04 bits per heavy atom. The second-order valence-electron chi connectivity index (χ2n) is 14.1. The molecule has 19 nitrogen and oxygen atoms in total. The first kappa shape index (κ1) is 40.7. The number of rotatable bonds is 15. The van der Waals surface area contributed by atoms with Gasteiger partial charge in [-0.3, -0.25) is 28.7 Å². The van der Waals surface area contributed by atoms with Crippen LogP contribution in [0.3, 0.4) is 0 Å². The zero-order chi connectivity index (χ0) is 39.8. The van der Waals surface area contributed by atoms with Crippen LogP contribution < -0.4 is 38.2 Å². The largest absolute Gasteiger partial charge is 0.480 e. The highest BCUT2D eigenvalue weighted by molar-refractivity contribution is 5.93. The van der Waals surface area contributed by atoms with Gasteiger partial charge in [0.25, 0.3) is 5.56 Å². The van der Waals surface area contributed by atoms with Gasteiger partial charge < -0.3 is 51.8 Å². The van der Waals surface area contributed by atoms with Gasteiger partial charge in [0.1, 0.15) is 24.2 Å². The lowest BCUT2D eigenvalue weighted by Crippen LogP contribution is -2.63. The highest BCUT2D eigenvalue weighted by Gasteiger charge is 2.39. The minimum atomic E-state index is -1.36. The van der Waals surface area contributed by atoms with Crippen molar-refractivity contribution in [3.05, 3.63) is 69.1 Å². The zero-order valence-electron chi connectivity index (χ0n) is 30.7. The molecule has 2 aliphatic rings. The van der Waals surface area contributed by atoms with E-state index in [1.807, 2.05) is 24.3 Å². The Kier molecular flexibility index (Phi) is 13.5. The second kappa shape index (κ2) is 18.2. The fourth-order valence-corrected chi connectivity index (χ4v) is 7.23. The van der Waals surface area contributed by atoms with Gasteiger partial charge in [-0.25, -0.2) is 14.4 Å². The average Bonchev–Trinajstić information content (AvgIpc) is 3.76. The zero-order valence-corrected chi connectivity index (χ0v) is 30.7. The monoisotopic (exact) mass is 767 g/mol. The van der Waals surface area contributed by atoms with Gasteiger partial charge in [0.2, 0.25) is 17.7 Å². The lowest BCUT2D eigenvalue weighted by Gasteiger charge is -2.35. The number of amides is 5. The van der Waals surface area contributed by atoms with Crippen LogP contribution in [0.15, 0.2) is 52.3 Å². The predicted molar refractivity (Wildman–Crippen MR) is 198 cm³/mol. The molecule has 1 aliphatic carbocycles. The molecule has 1 saturated heterocycles. The number of ether oxygens (including phenoxy) is 1. The van der Waals surface area contributed by atoms with Gasteiger partial charge in [-0.1, -0.05) is 37.5 Å². The number of benzene rings is 1. The van der Waals surface area contributed by atoms with Crippen molar-refractivity contribution in [3.8, 4) is 0 Å². The third-order valence-electron chi connectivity index (χ3n) is 10.4. The van der Waals surface area contributed by atoms with E-state index >= 15 is 0 Å². The Hall–Kier alpha value is -5.53. The summed E-state index contributed by atoms with van der Waals surface area (Å²) >= 11 is 0. The van der Waals surface area contributed by atoms with Crippen LogP contribution >= 0.6 is 0 Å². The summed E-state index contributed by atoms with van der Waals surface area (Å²) in [5.74, 6) is -3.53.